The Hall–Kier alpha value is -2.03. The number of aryl methyl sites for hydroxylation is 2. The number of ether oxygens (including phenoxy) is 1. The number of halogens is 2. The summed E-state index contributed by atoms with van der Waals surface area (Å²) < 4.78 is 29.8. The van der Waals surface area contributed by atoms with E-state index in [1.54, 1.807) is 13.8 Å². The van der Waals surface area contributed by atoms with Crippen LogP contribution in [0.25, 0.3) is 0 Å². The minimum Gasteiger partial charge on any atom is -0.453 e. The summed E-state index contributed by atoms with van der Waals surface area (Å²) in [5, 5.41) is 2.54. The largest absolute Gasteiger partial charge is 0.453 e. The van der Waals surface area contributed by atoms with Crippen LogP contribution in [0, 0.1) is 13.8 Å². The first-order valence-corrected chi connectivity index (χ1v) is 8.49. The number of nitrogens with zero attached hydrogens (tertiary/aromatic N) is 2. The molecule has 0 aliphatic rings. The third kappa shape index (κ3) is 7.16. The lowest BCUT2D eigenvalue weighted by molar-refractivity contribution is -0.154. The average molecular weight is 373 g/mol. The van der Waals surface area contributed by atoms with Crippen molar-refractivity contribution >= 4 is 23.6 Å². The minimum atomic E-state index is -2.59. The fourth-order valence-corrected chi connectivity index (χ4v) is 2.59. The number of carbonyl (C=O) groups excluding carboxylic acids is 2. The van der Waals surface area contributed by atoms with Crippen LogP contribution in [0.4, 0.5) is 8.78 Å². The number of hydrogen-bond acceptors (Lipinski definition) is 6. The molecule has 0 radical (unpaired) electrons. The van der Waals surface area contributed by atoms with Gasteiger partial charge >= 0.3 is 5.97 Å². The normalized spacial score (nSPS) is 11.9. The summed E-state index contributed by atoms with van der Waals surface area (Å²) >= 11 is 0.279. The van der Waals surface area contributed by atoms with Crippen molar-refractivity contribution in [2.24, 2.45) is 0 Å². The molecule has 25 heavy (non-hydrogen) atoms. The summed E-state index contributed by atoms with van der Waals surface area (Å²) in [5.41, 5.74) is 1.79. The molecule has 1 heterocycles. The van der Waals surface area contributed by atoms with Gasteiger partial charge in [0.2, 0.25) is 0 Å². The zero-order valence-corrected chi connectivity index (χ0v) is 15.2. The van der Waals surface area contributed by atoms with Gasteiger partial charge in [-0.25, -0.2) is 9.97 Å². The quantitative estimate of drug-likeness (QED) is 0.310. The third-order valence-corrected chi connectivity index (χ3v) is 3.84. The molecule has 0 fully saturated rings. The first-order valence-electron chi connectivity index (χ1n) is 7.61. The number of carbonyl (C=O) groups is 2. The Labute approximate surface area is 149 Å². The van der Waals surface area contributed by atoms with Crippen LogP contribution in [-0.2, 0) is 20.7 Å². The van der Waals surface area contributed by atoms with Gasteiger partial charge in [-0.15, -0.1) is 6.58 Å². The van der Waals surface area contributed by atoms with E-state index < -0.39 is 23.7 Å². The molecule has 1 rings (SSSR count). The van der Waals surface area contributed by atoms with E-state index >= 15 is 0 Å². The molecule has 9 heteroatoms. The maximum atomic E-state index is 12.4. The van der Waals surface area contributed by atoms with Crippen molar-refractivity contribution in [2.75, 3.05) is 6.54 Å². The predicted octanol–water partition coefficient (Wildman–Crippen LogP) is 2.57. The standard InChI is InChI=1S/C16H21F2N3O3S/c1-5-8-19-14(23)11(4)24-13(22)7-6-12-9(2)20-16(21-10(12)3)25-15(17)18/h5,11,15H,1,6-8H2,2-4H3,(H,19,23)/t11-/m0/s1. The molecule has 0 aliphatic heterocycles. The van der Waals surface area contributed by atoms with E-state index in [9.17, 15) is 18.4 Å². The average Bonchev–Trinajstić information content (AvgIpc) is 2.50. The summed E-state index contributed by atoms with van der Waals surface area (Å²) in [5.74, 6) is -3.53. The Morgan fingerprint density at radius 2 is 1.92 bits per heavy atom. The highest BCUT2D eigenvalue weighted by atomic mass is 32.2. The van der Waals surface area contributed by atoms with Crippen molar-refractivity contribution < 1.29 is 23.1 Å². The van der Waals surface area contributed by atoms with Crippen molar-refractivity contribution in [1.82, 2.24) is 15.3 Å². The SMILES string of the molecule is C=CCNC(=O)[C@H](C)OC(=O)CCc1c(C)nc(SC(F)F)nc1C. The number of rotatable bonds is 9. The molecule has 0 saturated heterocycles. The molecule has 0 bridgehead atoms. The molecular formula is C16H21F2N3O3S. The first kappa shape index (κ1) is 21.0. The molecule has 0 saturated carbocycles. The maximum Gasteiger partial charge on any atom is 0.306 e. The molecular weight excluding hydrogens is 352 g/mol. The number of aromatic nitrogens is 2. The highest BCUT2D eigenvalue weighted by molar-refractivity contribution is 7.99. The van der Waals surface area contributed by atoms with E-state index in [-0.39, 0.29) is 23.3 Å². The lowest BCUT2D eigenvalue weighted by Crippen LogP contribution is -2.35. The molecule has 1 aromatic heterocycles. The smallest absolute Gasteiger partial charge is 0.306 e. The van der Waals surface area contributed by atoms with Crippen molar-refractivity contribution in [1.29, 1.82) is 0 Å². The molecule has 138 valence electrons. The molecule has 6 nitrogen and oxygen atoms in total. The van der Waals surface area contributed by atoms with Gasteiger partial charge in [0, 0.05) is 24.4 Å². The van der Waals surface area contributed by atoms with E-state index in [1.165, 1.54) is 13.0 Å². The topological polar surface area (TPSA) is 81.2 Å². The van der Waals surface area contributed by atoms with Crippen LogP contribution in [0.15, 0.2) is 17.8 Å². The zero-order valence-electron chi connectivity index (χ0n) is 14.3. The third-order valence-electron chi connectivity index (χ3n) is 3.27. The molecule has 1 atom stereocenters. The summed E-state index contributed by atoms with van der Waals surface area (Å²) in [6.45, 7) is 8.60. The summed E-state index contributed by atoms with van der Waals surface area (Å²) in [6.07, 6.45) is 0.951. The van der Waals surface area contributed by atoms with E-state index in [0.29, 0.717) is 29.9 Å². The highest BCUT2D eigenvalue weighted by Crippen LogP contribution is 2.24. The van der Waals surface area contributed by atoms with Gasteiger partial charge in [0.15, 0.2) is 11.3 Å². The van der Waals surface area contributed by atoms with Crippen LogP contribution < -0.4 is 5.32 Å². The molecule has 0 unspecified atom stereocenters. The number of hydrogen-bond donors (Lipinski definition) is 1. The number of nitrogens with one attached hydrogen (secondary N) is 1. The molecule has 1 N–H and O–H groups in total. The van der Waals surface area contributed by atoms with Crippen LogP contribution in [0.3, 0.4) is 0 Å². The Morgan fingerprint density at radius 1 is 1.32 bits per heavy atom. The Kier molecular flexibility index (Phi) is 8.47. The number of esters is 1. The monoisotopic (exact) mass is 373 g/mol. The Balaban J connectivity index is 2.61. The van der Waals surface area contributed by atoms with Crippen molar-refractivity contribution in [2.45, 2.75) is 50.6 Å². The van der Waals surface area contributed by atoms with Gasteiger partial charge in [0.05, 0.1) is 0 Å². The number of thioether (sulfide) groups is 1. The van der Waals surface area contributed by atoms with E-state index in [2.05, 4.69) is 21.9 Å². The van der Waals surface area contributed by atoms with Crippen molar-refractivity contribution in [3.8, 4) is 0 Å². The second-order valence-electron chi connectivity index (χ2n) is 5.20. The van der Waals surface area contributed by atoms with E-state index in [4.69, 9.17) is 4.74 Å². The van der Waals surface area contributed by atoms with Gasteiger partial charge < -0.3 is 10.1 Å². The van der Waals surface area contributed by atoms with Gasteiger partial charge in [0.25, 0.3) is 11.7 Å². The summed E-state index contributed by atoms with van der Waals surface area (Å²) in [6, 6.07) is 0. The second-order valence-corrected chi connectivity index (χ2v) is 6.16. The zero-order chi connectivity index (χ0) is 19.0. The van der Waals surface area contributed by atoms with Gasteiger partial charge in [0.1, 0.15) is 0 Å². The van der Waals surface area contributed by atoms with Crippen LogP contribution in [-0.4, -0.2) is 40.3 Å². The van der Waals surface area contributed by atoms with Gasteiger partial charge in [-0.05, 0) is 44.5 Å². The van der Waals surface area contributed by atoms with Crippen LogP contribution in [0.5, 0.6) is 0 Å². The molecule has 1 amide bonds. The first-order chi connectivity index (χ1) is 11.7. The lowest BCUT2D eigenvalue weighted by Gasteiger charge is -2.14. The van der Waals surface area contributed by atoms with Crippen LogP contribution in [0.2, 0.25) is 0 Å². The number of amides is 1. The van der Waals surface area contributed by atoms with E-state index in [0.717, 1.165) is 0 Å². The van der Waals surface area contributed by atoms with E-state index in [1.807, 2.05) is 0 Å². The van der Waals surface area contributed by atoms with Gasteiger partial charge in [-0.1, -0.05) is 6.08 Å². The Bertz CT molecular complexity index is 618. The fourth-order valence-electron chi connectivity index (χ4n) is 2.06. The van der Waals surface area contributed by atoms with Crippen molar-refractivity contribution in [3.63, 3.8) is 0 Å². The Morgan fingerprint density at radius 3 is 2.44 bits per heavy atom. The number of alkyl halides is 2. The lowest BCUT2D eigenvalue weighted by atomic mass is 10.1. The molecule has 1 aromatic rings. The molecule has 0 aliphatic carbocycles. The molecule has 0 spiro atoms. The van der Waals surface area contributed by atoms with Crippen LogP contribution >= 0.6 is 11.8 Å². The fraction of sp³-hybridized carbons (Fsp3) is 0.500. The minimum absolute atomic E-state index is 0.00355. The van der Waals surface area contributed by atoms with Gasteiger partial charge in [-0.2, -0.15) is 8.78 Å². The maximum absolute atomic E-state index is 12.4. The second kappa shape index (κ2) is 10.1. The van der Waals surface area contributed by atoms with Crippen LogP contribution in [0.1, 0.15) is 30.3 Å². The van der Waals surface area contributed by atoms with Gasteiger partial charge in [-0.3, -0.25) is 9.59 Å². The summed E-state index contributed by atoms with van der Waals surface area (Å²) in [7, 11) is 0. The van der Waals surface area contributed by atoms with Crippen molar-refractivity contribution in [3.05, 3.63) is 29.6 Å². The predicted molar refractivity (Wildman–Crippen MR) is 90.4 cm³/mol. The molecule has 0 aromatic carbocycles. The summed E-state index contributed by atoms with van der Waals surface area (Å²) in [4.78, 5) is 31.5. The highest BCUT2D eigenvalue weighted by Gasteiger charge is 2.18.